The summed E-state index contributed by atoms with van der Waals surface area (Å²) < 4.78 is 0. The van der Waals surface area contributed by atoms with E-state index < -0.39 is 5.97 Å². The van der Waals surface area contributed by atoms with Crippen molar-refractivity contribution < 1.29 is 14.7 Å². The van der Waals surface area contributed by atoms with Crippen LogP contribution < -0.4 is 5.32 Å². The van der Waals surface area contributed by atoms with Gasteiger partial charge in [-0.1, -0.05) is 18.2 Å². The Morgan fingerprint density at radius 2 is 1.76 bits per heavy atom. The molecule has 0 aliphatic heterocycles. The Hall–Kier alpha value is -2.27. The SMILES string of the molecule is CSc1ccc(NC(=O)Cc2ccccc2C(=O)O)cc1. The molecule has 0 atom stereocenters. The topological polar surface area (TPSA) is 66.4 Å². The molecule has 1 amide bonds. The van der Waals surface area contributed by atoms with Gasteiger partial charge in [0.2, 0.25) is 5.91 Å². The van der Waals surface area contributed by atoms with Gasteiger partial charge in [-0.05, 0) is 42.2 Å². The van der Waals surface area contributed by atoms with E-state index in [1.807, 2.05) is 30.5 Å². The average Bonchev–Trinajstić information content (AvgIpc) is 2.48. The number of benzene rings is 2. The van der Waals surface area contributed by atoms with Crippen molar-refractivity contribution in [1.29, 1.82) is 0 Å². The molecule has 0 aromatic heterocycles. The van der Waals surface area contributed by atoms with E-state index in [-0.39, 0.29) is 17.9 Å². The molecule has 2 aromatic rings. The van der Waals surface area contributed by atoms with Crippen LogP contribution in [0.15, 0.2) is 53.4 Å². The fourth-order valence-corrected chi connectivity index (χ4v) is 2.34. The average molecular weight is 301 g/mol. The molecule has 2 aromatic carbocycles. The minimum Gasteiger partial charge on any atom is -0.478 e. The standard InChI is InChI=1S/C16H15NO3S/c1-21-13-8-6-12(7-9-13)17-15(18)10-11-4-2-3-5-14(11)16(19)20/h2-9H,10H2,1H3,(H,17,18)(H,19,20). The maximum Gasteiger partial charge on any atom is 0.335 e. The molecule has 0 fully saturated rings. The summed E-state index contributed by atoms with van der Waals surface area (Å²) in [5.74, 6) is -1.26. The van der Waals surface area contributed by atoms with Crippen molar-refractivity contribution in [1.82, 2.24) is 0 Å². The zero-order valence-electron chi connectivity index (χ0n) is 11.5. The van der Waals surface area contributed by atoms with Crippen molar-refractivity contribution in [3.05, 3.63) is 59.7 Å². The van der Waals surface area contributed by atoms with Gasteiger partial charge in [0.15, 0.2) is 0 Å². The van der Waals surface area contributed by atoms with E-state index in [4.69, 9.17) is 5.11 Å². The number of rotatable bonds is 5. The summed E-state index contributed by atoms with van der Waals surface area (Å²) in [5.41, 5.74) is 1.36. The van der Waals surface area contributed by atoms with Gasteiger partial charge in [0, 0.05) is 10.6 Å². The lowest BCUT2D eigenvalue weighted by Gasteiger charge is -2.08. The largest absolute Gasteiger partial charge is 0.478 e. The Labute approximate surface area is 127 Å². The first kappa shape index (κ1) is 15.1. The van der Waals surface area contributed by atoms with E-state index in [9.17, 15) is 9.59 Å². The molecule has 0 unspecified atom stereocenters. The predicted octanol–water partition coefficient (Wildman–Crippen LogP) is 3.29. The molecule has 2 N–H and O–H groups in total. The second kappa shape index (κ2) is 6.95. The molecule has 5 heteroatoms. The normalized spacial score (nSPS) is 10.1. The van der Waals surface area contributed by atoms with Crippen molar-refractivity contribution in [2.24, 2.45) is 0 Å². The molecular formula is C16H15NO3S. The number of amides is 1. The Morgan fingerprint density at radius 1 is 1.10 bits per heavy atom. The highest BCUT2D eigenvalue weighted by molar-refractivity contribution is 7.98. The van der Waals surface area contributed by atoms with E-state index in [0.29, 0.717) is 11.3 Å². The summed E-state index contributed by atoms with van der Waals surface area (Å²) in [4.78, 5) is 24.2. The molecule has 21 heavy (non-hydrogen) atoms. The molecule has 0 aliphatic rings. The van der Waals surface area contributed by atoms with E-state index in [2.05, 4.69) is 5.32 Å². The van der Waals surface area contributed by atoms with Crippen molar-refractivity contribution in [3.8, 4) is 0 Å². The summed E-state index contributed by atoms with van der Waals surface area (Å²) in [6, 6.07) is 14.0. The Balaban J connectivity index is 2.06. The number of anilines is 1. The Morgan fingerprint density at radius 3 is 2.38 bits per heavy atom. The highest BCUT2D eigenvalue weighted by Crippen LogP contribution is 2.18. The highest BCUT2D eigenvalue weighted by Gasteiger charge is 2.12. The van der Waals surface area contributed by atoms with Crippen molar-refractivity contribution in [3.63, 3.8) is 0 Å². The van der Waals surface area contributed by atoms with Gasteiger partial charge < -0.3 is 10.4 Å². The van der Waals surface area contributed by atoms with Crippen LogP contribution in [-0.2, 0) is 11.2 Å². The van der Waals surface area contributed by atoms with Gasteiger partial charge in [-0.3, -0.25) is 4.79 Å². The van der Waals surface area contributed by atoms with E-state index in [1.165, 1.54) is 6.07 Å². The number of nitrogens with one attached hydrogen (secondary N) is 1. The molecule has 0 heterocycles. The molecule has 2 rings (SSSR count). The van der Waals surface area contributed by atoms with Gasteiger partial charge in [0.05, 0.1) is 12.0 Å². The van der Waals surface area contributed by atoms with Crippen LogP contribution >= 0.6 is 11.8 Å². The molecule has 0 spiro atoms. The molecule has 0 radical (unpaired) electrons. The Bertz CT molecular complexity index is 653. The van der Waals surface area contributed by atoms with Crippen LogP contribution in [0.2, 0.25) is 0 Å². The molecule has 0 saturated heterocycles. The number of aromatic carboxylic acids is 1. The first-order valence-electron chi connectivity index (χ1n) is 6.35. The third kappa shape index (κ3) is 4.10. The van der Waals surface area contributed by atoms with E-state index in [1.54, 1.807) is 30.0 Å². The number of hydrogen-bond donors (Lipinski definition) is 2. The fraction of sp³-hybridized carbons (Fsp3) is 0.125. The summed E-state index contributed by atoms with van der Waals surface area (Å²) in [6.45, 7) is 0. The van der Waals surface area contributed by atoms with Crippen molar-refractivity contribution >= 4 is 29.3 Å². The van der Waals surface area contributed by atoms with Crippen LogP contribution in [0.25, 0.3) is 0 Å². The third-order valence-electron chi connectivity index (χ3n) is 2.97. The van der Waals surface area contributed by atoms with E-state index in [0.717, 1.165) is 4.90 Å². The van der Waals surface area contributed by atoms with Crippen molar-refractivity contribution in [2.45, 2.75) is 11.3 Å². The Kier molecular flexibility index (Phi) is 5.00. The highest BCUT2D eigenvalue weighted by atomic mass is 32.2. The fourth-order valence-electron chi connectivity index (χ4n) is 1.94. The molecule has 0 aliphatic carbocycles. The minimum atomic E-state index is -1.03. The second-order valence-corrected chi connectivity index (χ2v) is 5.30. The van der Waals surface area contributed by atoms with Crippen LogP contribution in [0.1, 0.15) is 15.9 Å². The molecule has 0 bridgehead atoms. The zero-order valence-corrected chi connectivity index (χ0v) is 12.3. The van der Waals surface area contributed by atoms with Crippen LogP contribution in [-0.4, -0.2) is 23.2 Å². The van der Waals surface area contributed by atoms with Crippen LogP contribution in [0, 0.1) is 0 Å². The summed E-state index contributed by atoms with van der Waals surface area (Å²) >= 11 is 1.63. The number of carboxylic acid groups (broad SMARTS) is 1. The van der Waals surface area contributed by atoms with E-state index >= 15 is 0 Å². The van der Waals surface area contributed by atoms with Gasteiger partial charge in [-0.25, -0.2) is 4.79 Å². The second-order valence-electron chi connectivity index (χ2n) is 4.42. The number of hydrogen-bond acceptors (Lipinski definition) is 3. The van der Waals surface area contributed by atoms with Crippen LogP contribution in [0.4, 0.5) is 5.69 Å². The van der Waals surface area contributed by atoms with Gasteiger partial charge in [-0.2, -0.15) is 0 Å². The lowest BCUT2D eigenvalue weighted by Crippen LogP contribution is -2.16. The number of carboxylic acids is 1. The maximum absolute atomic E-state index is 12.0. The number of carbonyl (C=O) groups is 2. The monoisotopic (exact) mass is 301 g/mol. The quantitative estimate of drug-likeness (QED) is 0.832. The third-order valence-corrected chi connectivity index (χ3v) is 3.72. The first-order valence-corrected chi connectivity index (χ1v) is 7.57. The summed E-state index contributed by atoms with van der Waals surface area (Å²) in [7, 11) is 0. The summed E-state index contributed by atoms with van der Waals surface area (Å²) in [6.07, 6.45) is 2.02. The van der Waals surface area contributed by atoms with Gasteiger partial charge in [0.1, 0.15) is 0 Å². The van der Waals surface area contributed by atoms with Crippen LogP contribution in [0.3, 0.4) is 0 Å². The smallest absolute Gasteiger partial charge is 0.335 e. The van der Waals surface area contributed by atoms with Crippen molar-refractivity contribution in [2.75, 3.05) is 11.6 Å². The van der Waals surface area contributed by atoms with Gasteiger partial charge >= 0.3 is 5.97 Å². The van der Waals surface area contributed by atoms with Gasteiger partial charge in [0.25, 0.3) is 0 Å². The minimum absolute atomic E-state index is 0.0345. The predicted molar refractivity (Wildman–Crippen MR) is 84.0 cm³/mol. The molecule has 108 valence electrons. The number of thioether (sulfide) groups is 1. The molecule has 0 saturated carbocycles. The molecular weight excluding hydrogens is 286 g/mol. The van der Waals surface area contributed by atoms with Gasteiger partial charge in [-0.15, -0.1) is 11.8 Å². The zero-order chi connectivity index (χ0) is 15.2. The van der Waals surface area contributed by atoms with Crippen LogP contribution in [0.5, 0.6) is 0 Å². The number of carbonyl (C=O) groups excluding carboxylic acids is 1. The molecule has 4 nitrogen and oxygen atoms in total. The first-order chi connectivity index (χ1) is 10.1. The maximum atomic E-state index is 12.0. The lowest BCUT2D eigenvalue weighted by molar-refractivity contribution is -0.115. The summed E-state index contributed by atoms with van der Waals surface area (Å²) in [5, 5.41) is 11.9. The lowest BCUT2D eigenvalue weighted by atomic mass is 10.0.